The van der Waals surface area contributed by atoms with Crippen molar-refractivity contribution in [2.75, 3.05) is 25.5 Å². The van der Waals surface area contributed by atoms with Crippen molar-refractivity contribution in [3.8, 4) is 0 Å². The molecular weight excluding hydrogens is 444 g/mol. The quantitative estimate of drug-likeness (QED) is 0.509. The van der Waals surface area contributed by atoms with E-state index in [1.165, 1.54) is 16.8 Å². The van der Waals surface area contributed by atoms with E-state index in [1.54, 1.807) is 37.2 Å². The molecule has 2 N–H and O–H groups in total. The Hall–Kier alpha value is -3.05. The van der Waals surface area contributed by atoms with Crippen LogP contribution in [0.4, 0.5) is 5.82 Å². The van der Waals surface area contributed by atoms with E-state index >= 15 is 0 Å². The van der Waals surface area contributed by atoms with Gasteiger partial charge in [-0.25, -0.2) is 19.3 Å². The lowest BCUT2D eigenvalue weighted by Gasteiger charge is -2.15. The molecule has 10 nitrogen and oxygen atoms in total. The molecule has 0 unspecified atom stereocenters. The van der Waals surface area contributed by atoms with Crippen molar-refractivity contribution in [2.24, 2.45) is 0 Å². The molecule has 1 amide bonds. The Morgan fingerprint density at radius 1 is 1.38 bits per heavy atom. The molecule has 0 fully saturated rings. The highest BCUT2D eigenvalue weighted by molar-refractivity contribution is 9.10. The van der Waals surface area contributed by atoms with E-state index in [9.17, 15) is 14.4 Å². The third kappa shape index (κ3) is 5.06. The minimum atomic E-state index is -0.565. The fraction of sp³-hybridized carbons (Fsp3) is 0.278. The Morgan fingerprint density at radius 2 is 2.17 bits per heavy atom. The number of carbonyl (C=O) groups excluding carboxylic acids is 2. The van der Waals surface area contributed by atoms with Crippen LogP contribution < -0.4 is 10.9 Å². The number of rotatable bonds is 7. The van der Waals surface area contributed by atoms with Crippen LogP contribution in [0.2, 0.25) is 0 Å². The summed E-state index contributed by atoms with van der Waals surface area (Å²) in [6.07, 6.45) is 2.97. The van der Waals surface area contributed by atoms with Crippen LogP contribution in [0, 0.1) is 0 Å². The van der Waals surface area contributed by atoms with Gasteiger partial charge in [-0.05, 0) is 42.0 Å². The first-order valence-electron chi connectivity index (χ1n) is 8.74. The lowest BCUT2D eigenvalue weighted by Crippen LogP contribution is -2.31. The van der Waals surface area contributed by atoms with Crippen molar-refractivity contribution >= 4 is 39.3 Å². The molecule has 11 heteroatoms. The minimum absolute atomic E-state index is 0.0661. The molecule has 3 rings (SSSR count). The first-order chi connectivity index (χ1) is 13.9. The van der Waals surface area contributed by atoms with Crippen molar-refractivity contribution in [1.82, 2.24) is 24.5 Å². The number of fused-ring (bicyclic) bond motifs is 1. The van der Waals surface area contributed by atoms with Crippen LogP contribution in [-0.2, 0) is 16.1 Å². The van der Waals surface area contributed by atoms with E-state index in [2.05, 4.69) is 36.3 Å². The van der Waals surface area contributed by atoms with Crippen LogP contribution in [0.15, 0.2) is 39.9 Å². The molecule has 3 aromatic heterocycles. The molecule has 29 heavy (non-hydrogen) atoms. The number of likely N-dealkylation sites (N-methyl/N-ethyl adjacent to an activating group) is 1. The molecule has 152 valence electrons. The van der Waals surface area contributed by atoms with Gasteiger partial charge in [0.2, 0.25) is 5.91 Å². The first-order valence-corrected chi connectivity index (χ1v) is 9.53. The molecule has 0 saturated carbocycles. The maximum absolute atomic E-state index is 12.3. The van der Waals surface area contributed by atoms with Gasteiger partial charge in [0, 0.05) is 29.5 Å². The third-order valence-electron chi connectivity index (χ3n) is 3.89. The number of ether oxygens (including phenoxy) is 1. The highest BCUT2D eigenvalue weighted by Gasteiger charge is 2.17. The van der Waals surface area contributed by atoms with Gasteiger partial charge in [-0.1, -0.05) is 0 Å². The number of aromatic nitrogens is 4. The molecule has 0 aromatic carbocycles. The van der Waals surface area contributed by atoms with Gasteiger partial charge in [-0.3, -0.25) is 19.6 Å². The van der Waals surface area contributed by atoms with E-state index in [-0.39, 0.29) is 42.4 Å². The van der Waals surface area contributed by atoms with Crippen molar-refractivity contribution in [1.29, 1.82) is 0 Å². The second-order valence-electron chi connectivity index (χ2n) is 6.23. The van der Waals surface area contributed by atoms with Crippen LogP contribution in [0.3, 0.4) is 0 Å². The predicted molar refractivity (Wildman–Crippen MR) is 109 cm³/mol. The number of H-pyrrole nitrogens is 1. The number of esters is 1. The summed E-state index contributed by atoms with van der Waals surface area (Å²) in [4.78, 5) is 46.7. The smallest absolute Gasteiger partial charge is 0.343 e. The predicted octanol–water partition coefficient (Wildman–Crippen LogP) is 1.43. The fourth-order valence-electron chi connectivity index (χ4n) is 2.68. The Morgan fingerprint density at radius 3 is 2.86 bits per heavy atom. The first kappa shape index (κ1) is 20.7. The second kappa shape index (κ2) is 8.97. The number of halogens is 1. The van der Waals surface area contributed by atoms with Crippen LogP contribution in [0.1, 0.15) is 23.0 Å². The minimum Gasteiger partial charge on any atom is -0.462 e. The molecule has 0 bridgehead atoms. The van der Waals surface area contributed by atoms with E-state index < -0.39 is 5.97 Å². The molecule has 0 aliphatic heterocycles. The summed E-state index contributed by atoms with van der Waals surface area (Å²) in [5.41, 5.74) is 0.421. The Kier molecular flexibility index (Phi) is 6.39. The number of hydrogen-bond donors (Lipinski definition) is 2. The van der Waals surface area contributed by atoms with E-state index in [1.807, 2.05) is 0 Å². The van der Waals surface area contributed by atoms with Crippen LogP contribution >= 0.6 is 15.9 Å². The average Bonchev–Trinajstić information content (AvgIpc) is 3.08. The van der Waals surface area contributed by atoms with Gasteiger partial charge in [0.25, 0.3) is 5.56 Å². The van der Waals surface area contributed by atoms with Crippen molar-refractivity contribution in [2.45, 2.75) is 13.5 Å². The third-order valence-corrected chi connectivity index (χ3v) is 4.36. The molecule has 3 aromatic rings. The zero-order valence-corrected chi connectivity index (χ0v) is 17.4. The van der Waals surface area contributed by atoms with Gasteiger partial charge >= 0.3 is 5.97 Å². The number of amides is 1. The lowest BCUT2D eigenvalue weighted by molar-refractivity contribution is -0.117. The van der Waals surface area contributed by atoms with Crippen molar-refractivity contribution in [3.05, 3.63) is 56.7 Å². The van der Waals surface area contributed by atoms with Crippen LogP contribution in [0.5, 0.6) is 0 Å². The number of pyridine rings is 1. The zero-order valence-electron chi connectivity index (χ0n) is 15.8. The summed E-state index contributed by atoms with van der Waals surface area (Å²) in [5.74, 6) is -0.380. The normalized spacial score (nSPS) is 11.0. The van der Waals surface area contributed by atoms with E-state index in [0.29, 0.717) is 11.5 Å². The van der Waals surface area contributed by atoms with Crippen molar-refractivity contribution < 1.29 is 14.3 Å². The van der Waals surface area contributed by atoms with E-state index in [4.69, 9.17) is 4.74 Å². The molecule has 0 aliphatic rings. The van der Waals surface area contributed by atoms with Gasteiger partial charge in [-0.2, -0.15) is 0 Å². The summed E-state index contributed by atoms with van der Waals surface area (Å²) in [7, 11) is 1.72. The lowest BCUT2D eigenvalue weighted by atomic mass is 10.3. The van der Waals surface area contributed by atoms with Gasteiger partial charge in [0.05, 0.1) is 18.8 Å². The number of carbonyl (C=O) groups is 2. The summed E-state index contributed by atoms with van der Waals surface area (Å²) in [6.45, 7) is 2.21. The maximum Gasteiger partial charge on any atom is 0.343 e. The topological polar surface area (TPSA) is 122 Å². The van der Waals surface area contributed by atoms with Gasteiger partial charge in [0.15, 0.2) is 5.65 Å². The monoisotopic (exact) mass is 462 g/mol. The Bertz CT molecular complexity index is 1090. The van der Waals surface area contributed by atoms with E-state index in [0.717, 1.165) is 4.47 Å². The summed E-state index contributed by atoms with van der Waals surface area (Å²) >= 11 is 3.28. The highest BCUT2D eigenvalue weighted by Crippen LogP contribution is 2.11. The molecule has 0 atom stereocenters. The Labute approximate surface area is 174 Å². The number of anilines is 1. The average molecular weight is 463 g/mol. The molecule has 0 spiro atoms. The summed E-state index contributed by atoms with van der Waals surface area (Å²) in [6, 6.07) is 4.81. The molecule has 0 aliphatic carbocycles. The summed E-state index contributed by atoms with van der Waals surface area (Å²) in [5, 5.41) is 5.39. The Balaban J connectivity index is 1.70. The SMILES string of the molecule is CCOC(=O)c1c[nH]n2c(=O)cc(CN(C)CC(=O)Nc3ccc(Br)cn3)nc12. The van der Waals surface area contributed by atoms with Gasteiger partial charge in [0.1, 0.15) is 11.4 Å². The second-order valence-corrected chi connectivity index (χ2v) is 7.15. The molecule has 0 saturated heterocycles. The molecule has 0 radical (unpaired) electrons. The number of hydrogen-bond acceptors (Lipinski definition) is 7. The van der Waals surface area contributed by atoms with Gasteiger partial charge < -0.3 is 10.1 Å². The number of nitrogens with one attached hydrogen (secondary N) is 2. The highest BCUT2D eigenvalue weighted by atomic mass is 79.9. The molecule has 3 heterocycles. The fourth-order valence-corrected chi connectivity index (χ4v) is 2.91. The summed E-state index contributed by atoms with van der Waals surface area (Å²) < 4.78 is 6.97. The maximum atomic E-state index is 12.3. The van der Waals surface area contributed by atoms with Crippen LogP contribution in [-0.4, -0.2) is 56.6 Å². The largest absolute Gasteiger partial charge is 0.462 e. The van der Waals surface area contributed by atoms with Crippen molar-refractivity contribution in [3.63, 3.8) is 0 Å². The van der Waals surface area contributed by atoms with Crippen LogP contribution in [0.25, 0.3) is 5.65 Å². The standard InChI is InChI=1S/C18H19BrN6O4/c1-3-29-18(28)13-8-21-25-16(27)6-12(22-17(13)25)9-24(2)10-15(26)23-14-5-4-11(19)7-20-14/h4-8,21H,3,9-10H2,1-2H3,(H,20,23,26). The zero-order chi connectivity index (χ0) is 21.0. The van der Waals surface area contributed by atoms with Gasteiger partial charge in [-0.15, -0.1) is 0 Å². The molecular formula is C18H19BrN6O4. The number of nitrogens with zero attached hydrogens (tertiary/aromatic N) is 4. The number of aromatic amines is 1.